The van der Waals surface area contributed by atoms with Gasteiger partial charge in [0.2, 0.25) is 5.91 Å². The number of carbonyl (C=O) groups excluding carboxylic acids is 1. The fourth-order valence-electron chi connectivity index (χ4n) is 1.96. The minimum absolute atomic E-state index is 0.110. The van der Waals surface area contributed by atoms with E-state index in [0.29, 0.717) is 5.92 Å². The molecule has 1 heterocycles. The van der Waals surface area contributed by atoms with Crippen molar-refractivity contribution in [2.75, 3.05) is 13.1 Å². The first-order valence-corrected chi connectivity index (χ1v) is 5.19. The van der Waals surface area contributed by atoms with Crippen LogP contribution in [0, 0.1) is 5.92 Å². The molecule has 1 unspecified atom stereocenters. The molecule has 2 atom stereocenters. The molecule has 0 aromatic rings. The van der Waals surface area contributed by atoms with Gasteiger partial charge in [0, 0.05) is 13.1 Å². The molecule has 0 radical (unpaired) electrons. The van der Waals surface area contributed by atoms with Gasteiger partial charge in [-0.05, 0) is 25.7 Å². The van der Waals surface area contributed by atoms with Crippen LogP contribution in [-0.4, -0.2) is 29.9 Å². The van der Waals surface area contributed by atoms with Crippen LogP contribution in [0.5, 0.6) is 0 Å². The summed E-state index contributed by atoms with van der Waals surface area (Å²) < 4.78 is 0. The van der Waals surface area contributed by atoms with E-state index in [1.54, 1.807) is 6.92 Å². The van der Waals surface area contributed by atoms with Crippen molar-refractivity contribution in [3.8, 4) is 0 Å². The van der Waals surface area contributed by atoms with Crippen molar-refractivity contribution in [3.63, 3.8) is 0 Å². The summed E-state index contributed by atoms with van der Waals surface area (Å²) in [4.78, 5) is 13.4. The molecular weight excluding hydrogens is 164 g/mol. The van der Waals surface area contributed by atoms with Crippen LogP contribution in [0.3, 0.4) is 0 Å². The van der Waals surface area contributed by atoms with E-state index < -0.39 is 0 Å². The first-order chi connectivity index (χ1) is 6.15. The van der Waals surface area contributed by atoms with Crippen LogP contribution in [0.1, 0.15) is 33.1 Å². The molecule has 0 aromatic carbocycles. The van der Waals surface area contributed by atoms with E-state index in [-0.39, 0.29) is 11.9 Å². The molecule has 0 aromatic heterocycles. The van der Waals surface area contributed by atoms with Gasteiger partial charge in [0.15, 0.2) is 0 Å². The van der Waals surface area contributed by atoms with Gasteiger partial charge in [0.05, 0.1) is 6.04 Å². The van der Waals surface area contributed by atoms with E-state index in [2.05, 4.69) is 6.92 Å². The zero-order valence-corrected chi connectivity index (χ0v) is 8.62. The SMILES string of the molecule is CCCC1CCN(C(=O)[C@H](C)N)C1. The highest BCUT2D eigenvalue weighted by Crippen LogP contribution is 2.20. The summed E-state index contributed by atoms with van der Waals surface area (Å²) in [5.74, 6) is 0.825. The third kappa shape index (κ3) is 2.69. The zero-order valence-electron chi connectivity index (χ0n) is 8.62. The highest BCUT2D eigenvalue weighted by molar-refractivity contribution is 5.81. The Morgan fingerprint density at radius 3 is 2.92 bits per heavy atom. The first-order valence-electron chi connectivity index (χ1n) is 5.19. The number of hydrogen-bond donors (Lipinski definition) is 1. The van der Waals surface area contributed by atoms with Gasteiger partial charge in [-0.1, -0.05) is 13.3 Å². The van der Waals surface area contributed by atoms with Crippen LogP contribution < -0.4 is 5.73 Å². The van der Waals surface area contributed by atoms with Crippen molar-refractivity contribution in [1.82, 2.24) is 4.90 Å². The van der Waals surface area contributed by atoms with Crippen molar-refractivity contribution in [2.45, 2.75) is 39.2 Å². The maximum atomic E-state index is 11.5. The minimum Gasteiger partial charge on any atom is -0.341 e. The molecule has 3 nitrogen and oxygen atoms in total. The standard InChI is InChI=1S/C10H20N2O/c1-3-4-9-5-6-12(7-9)10(13)8(2)11/h8-9H,3-7,11H2,1-2H3/t8-,9?/m0/s1. The number of rotatable bonds is 3. The van der Waals surface area contributed by atoms with Gasteiger partial charge in [-0.2, -0.15) is 0 Å². The molecule has 1 fully saturated rings. The van der Waals surface area contributed by atoms with E-state index in [4.69, 9.17) is 5.73 Å². The average Bonchev–Trinajstić information content (AvgIpc) is 2.52. The fourth-order valence-corrected chi connectivity index (χ4v) is 1.96. The number of nitrogens with two attached hydrogens (primary N) is 1. The molecule has 13 heavy (non-hydrogen) atoms. The smallest absolute Gasteiger partial charge is 0.239 e. The van der Waals surface area contributed by atoms with Crippen LogP contribution in [0.15, 0.2) is 0 Å². The van der Waals surface area contributed by atoms with Crippen LogP contribution in [-0.2, 0) is 4.79 Å². The molecule has 1 aliphatic heterocycles. The van der Waals surface area contributed by atoms with E-state index in [0.717, 1.165) is 19.5 Å². The summed E-state index contributed by atoms with van der Waals surface area (Å²) in [5, 5.41) is 0. The van der Waals surface area contributed by atoms with Gasteiger partial charge in [-0.15, -0.1) is 0 Å². The highest BCUT2D eigenvalue weighted by Gasteiger charge is 2.26. The topological polar surface area (TPSA) is 46.3 Å². The third-order valence-electron chi connectivity index (χ3n) is 2.68. The lowest BCUT2D eigenvalue weighted by atomic mass is 10.0. The first kappa shape index (κ1) is 10.5. The Balaban J connectivity index is 2.36. The maximum absolute atomic E-state index is 11.5. The van der Waals surface area contributed by atoms with Gasteiger partial charge in [-0.3, -0.25) is 4.79 Å². The van der Waals surface area contributed by atoms with Crippen molar-refractivity contribution >= 4 is 5.91 Å². The van der Waals surface area contributed by atoms with Crippen molar-refractivity contribution in [3.05, 3.63) is 0 Å². The molecule has 0 bridgehead atoms. The number of nitrogens with zero attached hydrogens (tertiary/aromatic N) is 1. The van der Waals surface area contributed by atoms with Gasteiger partial charge in [0.25, 0.3) is 0 Å². The third-order valence-corrected chi connectivity index (χ3v) is 2.68. The summed E-state index contributed by atoms with van der Waals surface area (Å²) in [6, 6.07) is -0.333. The van der Waals surface area contributed by atoms with Crippen LogP contribution >= 0.6 is 0 Å². The van der Waals surface area contributed by atoms with Crippen LogP contribution in [0.4, 0.5) is 0 Å². The van der Waals surface area contributed by atoms with Gasteiger partial charge in [-0.25, -0.2) is 0 Å². The highest BCUT2D eigenvalue weighted by atomic mass is 16.2. The second-order valence-corrected chi connectivity index (χ2v) is 4.02. The van der Waals surface area contributed by atoms with E-state index in [1.807, 2.05) is 4.90 Å². The zero-order chi connectivity index (χ0) is 9.84. The van der Waals surface area contributed by atoms with Gasteiger partial charge < -0.3 is 10.6 Å². The summed E-state index contributed by atoms with van der Waals surface area (Å²) in [6.45, 7) is 5.78. The van der Waals surface area contributed by atoms with Crippen LogP contribution in [0.25, 0.3) is 0 Å². The number of carbonyl (C=O) groups is 1. The molecule has 1 rings (SSSR count). The summed E-state index contributed by atoms with van der Waals surface area (Å²) >= 11 is 0. The predicted molar refractivity (Wildman–Crippen MR) is 53.2 cm³/mol. The van der Waals surface area contributed by atoms with E-state index in [1.165, 1.54) is 12.8 Å². The summed E-state index contributed by atoms with van der Waals surface area (Å²) in [5.41, 5.74) is 5.54. The van der Waals surface area contributed by atoms with Crippen molar-refractivity contribution in [1.29, 1.82) is 0 Å². The molecule has 3 heteroatoms. The van der Waals surface area contributed by atoms with Crippen molar-refractivity contribution in [2.24, 2.45) is 11.7 Å². The Morgan fingerprint density at radius 2 is 2.38 bits per heavy atom. The van der Waals surface area contributed by atoms with Gasteiger partial charge in [0.1, 0.15) is 0 Å². The average molecular weight is 184 g/mol. The molecule has 1 amide bonds. The Hall–Kier alpha value is -0.570. The molecule has 0 saturated carbocycles. The second kappa shape index (κ2) is 4.61. The lowest BCUT2D eigenvalue weighted by molar-refractivity contribution is -0.131. The molecular formula is C10H20N2O. The monoisotopic (exact) mass is 184 g/mol. The molecule has 0 aliphatic carbocycles. The molecule has 0 spiro atoms. The second-order valence-electron chi connectivity index (χ2n) is 4.02. The Kier molecular flexibility index (Phi) is 3.72. The molecule has 76 valence electrons. The number of hydrogen-bond acceptors (Lipinski definition) is 2. The van der Waals surface area contributed by atoms with Crippen molar-refractivity contribution < 1.29 is 4.79 Å². The minimum atomic E-state index is -0.333. The molecule has 1 saturated heterocycles. The Labute approximate surface area is 80.3 Å². The number of amides is 1. The quantitative estimate of drug-likeness (QED) is 0.710. The van der Waals surface area contributed by atoms with E-state index >= 15 is 0 Å². The summed E-state index contributed by atoms with van der Waals surface area (Å²) in [7, 11) is 0. The Bertz CT molecular complexity index is 180. The fraction of sp³-hybridized carbons (Fsp3) is 0.900. The van der Waals surface area contributed by atoms with E-state index in [9.17, 15) is 4.79 Å². The Morgan fingerprint density at radius 1 is 1.69 bits per heavy atom. The normalized spacial score (nSPS) is 24.8. The maximum Gasteiger partial charge on any atom is 0.239 e. The number of likely N-dealkylation sites (tertiary alicyclic amines) is 1. The summed E-state index contributed by atoms with van der Waals surface area (Å²) in [6.07, 6.45) is 3.61. The largest absolute Gasteiger partial charge is 0.341 e. The molecule has 1 aliphatic rings. The lowest BCUT2D eigenvalue weighted by Crippen LogP contribution is -2.40. The molecule has 2 N–H and O–H groups in total. The predicted octanol–water partition coefficient (Wildman–Crippen LogP) is 0.982. The van der Waals surface area contributed by atoms with Crippen LogP contribution in [0.2, 0.25) is 0 Å². The lowest BCUT2D eigenvalue weighted by Gasteiger charge is -2.18. The van der Waals surface area contributed by atoms with Gasteiger partial charge >= 0.3 is 0 Å².